The van der Waals surface area contributed by atoms with Crippen molar-refractivity contribution in [3.63, 3.8) is 0 Å². The molecule has 1 heterocycles. The van der Waals surface area contributed by atoms with E-state index < -0.39 is 0 Å². The molecule has 1 fully saturated rings. The summed E-state index contributed by atoms with van der Waals surface area (Å²) in [6.45, 7) is 0. The summed E-state index contributed by atoms with van der Waals surface area (Å²) in [5.74, 6) is 0.641. The monoisotopic (exact) mass is 290 g/mol. The summed E-state index contributed by atoms with van der Waals surface area (Å²) in [4.78, 5) is 0.673. The van der Waals surface area contributed by atoms with Gasteiger partial charge in [-0.2, -0.15) is 5.10 Å². The first-order valence-corrected chi connectivity index (χ1v) is 6.99. The molecule has 0 aliphatic heterocycles. The number of nitrogens with zero attached hydrogens (tertiary/aromatic N) is 2. The molecule has 0 bridgehead atoms. The van der Waals surface area contributed by atoms with Crippen LogP contribution >= 0.6 is 15.9 Å². The topological polar surface area (TPSA) is 17.8 Å². The maximum atomic E-state index is 4.46. The lowest BCUT2D eigenvalue weighted by Crippen LogP contribution is -2.05. The molecule has 1 aliphatic carbocycles. The molecule has 1 saturated carbocycles. The second-order valence-electron chi connectivity index (χ2n) is 4.61. The van der Waals surface area contributed by atoms with Gasteiger partial charge in [0.15, 0.2) is 0 Å². The Balaban J connectivity index is 1.95. The number of aromatic nitrogens is 2. The third-order valence-corrected chi connectivity index (χ3v) is 4.29. The summed E-state index contributed by atoms with van der Waals surface area (Å²) in [5.41, 5.74) is 2.50. The zero-order valence-corrected chi connectivity index (χ0v) is 11.2. The number of hydrogen-bond acceptors (Lipinski definition) is 1. The van der Waals surface area contributed by atoms with Crippen LogP contribution in [0.1, 0.15) is 30.9 Å². The number of rotatable bonds is 2. The molecule has 2 unspecified atom stereocenters. The largest absolute Gasteiger partial charge is 0.238 e. The maximum Gasteiger partial charge on any atom is 0.0648 e. The molecule has 0 N–H and O–H groups in total. The Morgan fingerprint density at radius 1 is 1.12 bits per heavy atom. The van der Waals surface area contributed by atoms with E-state index >= 15 is 0 Å². The van der Waals surface area contributed by atoms with Gasteiger partial charge in [0.2, 0.25) is 0 Å². The van der Waals surface area contributed by atoms with Crippen LogP contribution in [0.3, 0.4) is 0 Å². The Morgan fingerprint density at radius 3 is 2.65 bits per heavy atom. The van der Waals surface area contributed by atoms with Gasteiger partial charge in [-0.15, -0.1) is 0 Å². The van der Waals surface area contributed by atoms with Crippen LogP contribution in [0.5, 0.6) is 0 Å². The van der Waals surface area contributed by atoms with Gasteiger partial charge in [0.1, 0.15) is 0 Å². The zero-order chi connectivity index (χ0) is 11.7. The van der Waals surface area contributed by atoms with E-state index in [2.05, 4.69) is 56.0 Å². The molecule has 1 aromatic heterocycles. The van der Waals surface area contributed by atoms with E-state index in [1.165, 1.54) is 25.0 Å². The molecule has 0 amide bonds. The Kier molecular flexibility index (Phi) is 3.02. The molecule has 0 radical (unpaired) electrons. The predicted octanol–water partition coefficient (Wildman–Crippen LogP) is 3.90. The highest BCUT2D eigenvalue weighted by atomic mass is 79.9. The summed E-state index contributed by atoms with van der Waals surface area (Å²) < 4.78 is 2.08. The van der Waals surface area contributed by atoms with Crippen LogP contribution in [0.2, 0.25) is 0 Å². The zero-order valence-electron chi connectivity index (χ0n) is 9.59. The van der Waals surface area contributed by atoms with Crippen molar-refractivity contribution < 1.29 is 0 Å². The summed E-state index contributed by atoms with van der Waals surface area (Å²) in [7, 11) is 0. The summed E-state index contributed by atoms with van der Waals surface area (Å²) in [6, 6.07) is 12.5. The molecule has 2 nitrogen and oxygen atoms in total. The van der Waals surface area contributed by atoms with E-state index in [-0.39, 0.29) is 0 Å². The molecule has 0 spiro atoms. The second-order valence-corrected chi connectivity index (χ2v) is 5.91. The third-order valence-electron chi connectivity index (χ3n) is 3.46. The number of benzene rings is 1. The molecule has 88 valence electrons. The van der Waals surface area contributed by atoms with Gasteiger partial charge in [-0.25, -0.2) is 4.68 Å². The van der Waals surface area contributed by atoms with Gasteiger partial charge < -0.3 is 0 Å². The molecule has 3 heteroatoms. The van der Waals surface area contributed by atoms with Gasteiger partial charge >= 0.3 is 0 Å². The lowest BCUT2D eigenvalue weighted by atomic mass is 10.0. The van der Waals surface area contributed by atoms with E-state index in [0.717, 1.165) is 5.69 Å². The SMILES string of the molecule is BrC1CCC(c2ccnn2-c2ccccc2)C1. The standard InChI is InChI=1S/C14H15BrN2/c15-12-7-6-11(10-12)14-8-9-16-17(14)13-4-2-1-3-5-13/h1-5,8-9,11-12H,6-7,10H2. The Bertz CT molecular complexity index is 492. The number of halogens is 1. The van der Waals surface area contributed by atoms with Crippen molar-refractivity contribution in [2.24, 2.45) is 0 Å². The molecule has 2 aromatic rings. The average molecular weight is 291 g/mol. The number of para-hydroxylation sites is 1. The molecular weight excluding hydrogens is 276 g/mol. The fraction of sp³-hybridized carbons (Fsp3) is 0.357. The van der Waals surface area contributed by atoms with Gasteiger partial charge in [0.05, 0.1) is 5.69 Å². The minimum absolute atomic E-state index is 0.641. The average Bonchev–Trinajstić information content (AvgIpc) is 2.98. The lowest BCUT2D eigenvalue weighted by molar-refractivity contribution is 0.657. The number of alkyl halides is 1. The molecule has 1 aliphatic rings. The second kappa shape index (κ2) is 4.65. The smallest absolute Gasteiger partial charge is 0.0648 e. The Morgan fingerprint density at radius 2 is 1.94 bits per heavy atom. The molecular formula is C14H15BrN2. The van der Waals surface area contributed by atoms with Crippen molar-refractivity contribution in [1.29, 1.82) is 0 Å². The third kappa shape index (κ3) is 2.16. The minimum atomic E-state index is 0.641. The fourth-order valence-corrected chi connectivity index (χ4v) is 3.32. The molecule has 1 aromatic carbocycles. The van der Waals surface area contributed by atoms with Gasteiger partial charge in [0.25, 0.3) is 0 Å². The van der Waals surface area contributed by atoms with Crippen LogP contribution < -0.4 is 0 Å². The van der Waals surface area contributed by atoms with Crippen LogP contribution in [-0.4, -0.2) is 14.6 Å². The van der Waals surface area contributed by atoms with E-state index in [1.807, 2.05) is 12.3 Å². The van der Waals surface area contributed by atoms with E-state index in [9.17, 15) is 0 Å². The van der Waals surface area contributed by atoms with Crippen LogP contribution in [0.15, 0.2) is 42.6 Å². The highest BCUT2D eigenvalue weighted by Gasteiger charge is 2.26. The Hall–Kier alpha value is -1.09. The van der Waals surface area contributed by atoms with Crippen LogP contribution in [0.25, 0.3) is 5.69 Å². The fourth-order valence-electron chi connectivity index (χ4n) is 2.60. The number of hydrogen-bond donors (Lipinski definition) is 0. The van der Waals surface area contributed by atoms with Gasteiger partial charge in [0, 0.05) is 22.6 Å². The maximum absolute atomic E-state index is 4.46. The normalized spacial score (nSPS) is 24.1. The summed E-state index contributed by atoms with van der Waals surface area (Å²) in [5, 5.41) is 4.46. The van der Waals surface area contributed by atoms with Crippen LogP contribution in [0.4, 0.5) is 0 Å². The van der Waals surface area contributed by atoms with Crippen molar-refractivity contribution >= 4 is 15.9 Å². The minimum Gasteiger partial charge on any atom is -0.238 e. The first-order valence-electron chi connectivity index (χ1n) is 6.08. The van der Waals surface area contributed by atoms with Crippen LogP contribution in [0, 0.1) is 0 Å². The van der Waals surface area contributed by atoms with Crippen molar-refractivity contribution in [1.82, 2.24) is 9.78 Å². The van der Waals surface area contributed by atoms with Crippen LogP contribution in [-0.2, 0) is 0 Å². The first kappa shape index (κ1) is 11.0. The lowest BCUT2D eigenvalue weighted by Gasteiger charge is -2.12. The van der Waals surface area contributed by atoms with Crippen molar-refractivity contribution in [3.8, 4) is 5.69 Å². The van der Waals surface area contributed by atoms with Gasteiger partial charge in [-0.05, 0) is 37.5 Å². The summed E-state index contributed by atoms with van der Waals surface area (Å²) >= 11 is 3.72. The highest BCUT2D eigenvalue weighted by Crippen LogP contribution is 2.38. The molecule has 17 heavy (non-hydrogen) atoms. The van der Waals surface area contributed by atoms with Crippen molar-refractivity contribution in [3.05, 3.63) is 48.3 Å². The van der Waals surface area contributed by atoms with E-state index in [1.54, 1.807) is 0 Å². The van der Waals surface area contributed by atoms with E-state index in [4.69, 9.17) is 0 Å². The Labute approximate surface area is 110 Å². The predicted molar refractivity (Wildman–Crippen MR) is 72.9 cm³/mol. The van der Waals surface area contributed by atoms with Gasteiger partial charge in [-0.3, -0.25) is 0 Å². The van der Waals surface area contributed by atoms with Crippen molar-refractivity contribution in [2.75, 3.05) is 0 Å². The quantitative estimate of drug-likeness (QED) is 0.767. The van der Waals surface area contributed by atoms with Crippen molar-refractivity contribution in [2.45, 2.75) is 30.0 Å². The first-order chi connectivity index (χ1) is 8.34. The van der Waals surface area contributed by atoms with E-state index in [0.29, 0.717) is 10.7 Å². The molecule has 0 saturated heterocycles. The summed E-state index contributed by atoms with van der Waals surface area (Å²) in [6.07, 6.45) is 5.65. The molecule has 3 rings (SSSR count). The van der Waals surface area contributed by atoms with Gasteiger partial charge in [-0.1, -0.05) is 34.1 Å². The highest BCUT2D eigenvalue weighted by molar-refractivity contribution is 9.09. The molecule has 2 atom stereocenters.